The first kappa shape index (κ1) is 21.8. The standard InChI is InChI=1S/C26H26FN3O2S/c1-2-11-33(28,32)25-16-24-19(15-22(25)27)8-10-30(24)26(31)21-12-17-6-7-18(13-20(17)14-21)23-5-3-4-9-29-23/h3-7,9,13,15-16,21,28H,2,8,10-12,14H2,1H3/t21-,33-/m1/s1. The maximum Gasteiger partial charge on any atom is 0.230 e. The molecule has 1 aliphatic carbocycles. The van der Waals surface area contributed by atoms with Gasteiger partial charge < -0.3 is 4.90 Å². The van der Waals surface area contributed by atoms with Crippen LogP contribution in [-0.4, -0.2) is 27.4 Å². The van der Waals surface area contributed by atoms with Gasteiger partial charge in [0.2, 0.25) is 5.91 Å². The van der Waals surface area contributed by atoms with E-state index >= 15 is 0 Å². The van der Waals surface area contributed by atoms with Crippen molar-refractivity contribution in [1.82, 2.24) is 4.98 Å². The summed E-state index contributed by atoms with van der Waals surface area (Å²) >= 11 is 0. The molecule has 1 amide bonds. The van der Waals surface area contributed by atoms with Crippen LogP contribution in [0.15, 0.2) is 59.6 Å². The van der Waals surface area contributed by atoms with Crippen LogP contribution in [0, 0.1) is 16.5 Å². The van der Waals surface area contributed by atoms with Gasteiger partial charge in [0, 0.05) is 35.7 Å². The minimum absolute atomic E-state index is 0.00821. The number of nitrogens with one attached hydrogen (secondary N) is 1. The zero-order chi connectivity index (χ0) is 23.2. The monoisotopic (exact) mass is 463 g/mol. The first-order valence-corrected chi connectivity index (χ1v) is 13.0. The molecule has 2 heterocycles. The Hall–Kier alpha value is -3.06. The van der Waals surface area contributed by atoms with E-state index in [-0.39, 0.29) is 22.5 Å². The zero-order valence-electron chi connectivity index (χ0n) is 18.5. The van der Waals surface area contributed by atoms with Gasteiger partial charge in [-0.15, -0.1) is 0 Å². The number of aromatic nitrogens is 1. The number of hydrogen-bond donors (Lipinski definition) is 1. The minimum Gasteiger partial charge on any atom is -0.312 e. The summed E-state index contributed by atoms with van der Waals surface area (Å²) in [7, 11) is -3.22. The Balaban J connectivity index is 1.40. The van der Waals surface area contributed by atoms with Crippen LogP contribution in [0.25, 0.3) is 11.3 Å². The third-order valence-corrected chi connectivity index (χ3v) is 8.60. The first-order valence-electron chi connectivity index (χ1n) is 11.3. The lowest BCUT2D eigenvalue weighted by Crippen LogP contribution is -2.35. The van der Waals surface area contributed by atoms with Crippen molar-refractivity contribution in [2.75, 3.05) is 17.2 Å². The minimum atomic E-state index is -3.22. The number of rotatable bonds is 5. The van der Waals surface area contributed by atoms with Crippen LogP contribution in [0.2, 0.25) is 0 Å². The maximum absolute atomic E-state index is 14.6. The van der Waals surface area contributed by atoms with Crippen LogP contribution < -0.4 is 4.90 Å². The fourth-order valence-electron chi connectivity index (χ4n) is 4.97. The molecule has 0 unspecified atom stereocenters. The molecule has 2 atom stereocenters. The summed E-state index contributed by atoms with van der Waals surface area (Å²) in [6, 6.07) is 14.9. The molecule has 2 aliphatic rings. The van der Waals surface area contributed by atoms with E-state index in [1.54, 1.807) is 11.1 Å². The predicted octanol–water partition coefficient (Wildman–Crippen LogP) is 5.01. The van der Waals surface area contributed by atoms with Crippen molar-refractivity contribution in [3.05, 3.63) is 77.2 Å². The predicted molar refractivity (Wildman–Crippen MR) is 127 cm³/mol. The Morgan fingerprint density at radius 2 is 1.97 bits per heavy atom. The maximum atomic E-state index is 14.6. The van der Waals surface area contributed by atoms with Gasteiger partial charge in [-0.1, -0.05) is 25.1 Å². The number of anilines is 1. The van der Waals surface area contributed by atoms with Gasteiger partial charge in [-0.25, -0.2) is 13.4 Å². The van der Waals surface area contributed by atoms with E-state index in [4.69, 9.17) is 4.78 Å². The fraction of sp³-hybridized carbons (Fsp3) is 0.308. The molecule has 3 aromatic rings. The lowest BCUT2D eigenvalue weighted by atomic mass is 10.0. The molecule has 170 valence electrons. The van der Waals surface area contributed by atoms with E-state index in [0.29, 0.717) is 37.9 Å². The van der Waals surface area contributed by atoms with Gasteiger partial charge in [-0.3, -0.25) is 9.78 Å². The van der Waals surface area contributed by atoms with E-state index in [1.165, 1.54) is 17.7 Å². The Labute approximate surface area is 193 Å². The zero-order valence-corrected chi connectivity index (χ0v) is 19.3. The van der Waals surface area contributed by atoms with E-state index in [2.05, 4.69) is 17.1 Å². The summed E-state index contributed by atoms with van der Waals surface area (Å²) in [5, 5.41) is 0. The Kier molecular flexibility index (Phi) is 5.52. The largest absolute Gasteiger partial charge is 0.312 e. The molecular weight excluding hydrogens is 437 g/mol. The van der Waals surface area contributed by atoms with E-state index in [0.717, 1.165) is 22.4 Å². The average Bonchev–Trinajstić information content (AvgIpc) is 3.42. The lowest BCUT2D eigenvalue weighted by Gasteiger charge is -2.22. The summed E-state index contributed by atoms with van der Waals surface area (Å²) in [5.74, 6) is -0.678. The summed E-state index contributed by atoms with van der Waals surface area (Å²) < 4.78 is 35.6. The van der Waals surface area contributed by atoms with Gasteiger partial charge in [-0.05, 0) is 72.7 Å². The number of hydrogen-bond acceptors (Lipinski definition) is 4. The molecule has 0 saturated heterocycles. The van der Waals surface area contributed by atoms with Gasteiger partial charge in [0.1, 0.15) is 5.82 Å². The Bertz CT molecular complexity index is 1340. The smallest absolute Gasteiger partial charge is 0.230 e. The summed E-state index contributed by atoms with van der Waals surface area (Å²) in [4.78, 5) is 19.5. The van der Waals surface area contributed by atoms with Gasteiger partial charge in [0.05, 0.1) is 20.3 Å². The SMILES string of the molecule is CCC[S@@](=N)(=O)c1cc2c(cc1F)CCN2C(=O)[C@@H]1Cc2ccc(-c3ccccn3)cc2C1. The number of benzene rings is 2. The second-order valence-electron chi connectivity index (χ2n) is 8.83. The lowest BCUT2D eigenvalue weighted by molar-refractivity contribution is -0.122. The number of pyridine rings is 1. The normalized spacial score (nSPS) is 18.6. The van der Waals surface area contributed by atoms with Crippen molar-refractivity contribution in [3.8, 4) is 11.3 Å². The number of carbonyl (C=O) groups excluding carboxylic acids is 1. The highest BCUT2D eigenvalue weighted by Crippen LogP contribution is 2.37. The van der Waals surface area contributed by atoms with Crippen LogP contribution in [-0.2, 0) is 33.8 Å². The number of carbonyl (C=O) groups is 1. The molecule has 2 aromatic carbocycles. The second-order valence-corrected chi connectivity index (χ2v) is 11.0. The topological polar surface area (TPSA) is 74.1 Å². The third kappa shape index (κ3) is 3.95. The highest BCUT2D eigenvalue weighted by Gasteiger charge is 2.35. The van der Waals surface area contributed by atoms with Crippen molar-refractivity contribution in [1.29, 1.82) is 4.78 Å². The average molecular weight is 464 g/mol. The van der Waals surface area contributed by atoms with Gasteiger partial charge in [0.25, 0.3) is 0 Å². The molecule has 7 heteroatoms. The van der Waals surface area contributed by atoms with Gasteiger partial charge in [0.15, 0.2) is 0 Å². The fourth-order valence-corrected chi connectivity index (χ4v) is 6.44. The molecule has 1 aliphatic heterocycles. The van der Waals surface area contributed by atoms with E-state index in [9.17, 15) is 13.4 Å². The van der Waals surface area contributed by atoms with Crippen LogP contribution in [0.5, 0.6) is 0 Å². The number of nitrogens with zero attached hydrogens (tertiary/aromatic N) is 2. The molecule has 0 saturated carbocycles. The van der Waals surface area contributed by atoms with Crippen molar-refractivity contribution in [3.63, 3.8) is 0 Å². The quantitative estimate of drug-likeness (QED) is 0.578. The van der Waals surface area contributed by atoms with E-state index < -0.39 is 15.5 Å². The second kappa shape index (κ2) is 8.37. The molecule has 1 aromatic heterocycles. The Morgan fingerprint density at radius 1 is 1.15 bits per heavy atom. The molecule has 33 heavy (non-hydrogen) atoms. The highest BCUT2D eigenvalue weighted by atomic mass is 32.2. The van der Waals surface area contributed by atoms with Crippen LogP contribution >= 0.6 is 0 Å². The highest BCUT2D eigenvalue weighted by molar-refractivity contribution is 7.92. The number of fused-ring (bicyclic) bond motifs is 2. The molecule has 0 spiro atoms. The van der Waals surface area contributed by atoms with Crippen molar-refractivity contribution < 1.29 is 13.4 Å². The molecular formula is C26H26FN3O2S. The summed E-state index contributed by atoms with van der Waals surface area (Å²) in [6.07, 6.45) is 4.19. The van der Waals surface area contributed by atoms with Crippen molar-refractivity contribution in [2.45, 2.75) is 37.5 Å². The molecule has 0 bridgehead atoms. The molecule has 0 fully saturated rings. The van der Waals surface area contributed by atoms with Gasteiger partial charge in [-0.2, -0.15) is 0 Å². The first-order chi connectivity index (χ1) is 15.9. The third-order valence-electron chi connectivity index (χ3n) is 6.59. The summed E-state index contributed by atoms with van der Waals surface area (Å²) in [6.45, 7) is 2.31. The molecule has 5 rings (SSSR count). The Morgan fingerprint density at radius 3 is 2.73 bits per heavy atom. The van der Waals surface area contributed by atoms with Crippen LogP contribution in [0.3, 0.4) is 0 Å². The van der Waals surface area contributed by atoms with E-state index in [1.807, 2.05) is 31.2 Å². The number of amides is 1. The molecule has 0 radical (unpaired) electrons. The molecule has 5 nitrogen and oxygen atoms in total. The number of halogens is 1. The van der Waals surface area contributed by atoms with Crippen molar-refractivity contribution in [2.24, 2.45) is 5.92 Å². The van der Waals surface area contributed by atoms with Crippen LogP contribution in [0.1, 0.15) is 30.0 Å². The van der Waals surface area contributed by atoms with Crippen LogP contribution in [0.4, 0.5) is 10.1 Å². The van der Waals surface area contributed by atoms with Crippen molar-refractivity contribution >= 4 is 21.3 Å². The molecule has 1 N–H and O–H groups in total. The van der Waals surface area contributed by atoms with Gasteiger partial charge >= 0.3 is 0 Å². The summed E-state index contributed by atoms with van der Waals surface area (Å²) in [5.41, 5.74) is 5.62.